The van der Waals surface area contributed by atoms with Gasteiger partial charge in [0, 0.05) is 0 Å². The van der Waals surface area contributed by atoms with E-state index in [0.717, 1.165) is 0 Å². The average Bonchev–Trinajstić information content (AvgIpc) is 2.16. The quantitative estimate of drug-likeness (QED) is 0.580. The Bertz CT molecular complexity index is 247. The van der Waals surface area contributed by atoms with Crippen LogP contribution in [-0.4, -0.2) is 0 Å². The van der Waals surface area contributed by atoms with Gasteiger partial charge in [0.2, 0.25) is 0 Å². The minimum atomic E-state index is 0.582. The van der Waals surface area contributed by atoms with Gasteiger partial charge in [-0.3, -0.25) is 0 Å². The van der Waals surface area contributed by atoms with Crippen molar-refractivity contribution in [3.63, 3.8) is 0 Å². The summed E-state index contributed by atoms with van der Waals surface area (Å²) in [5.74, 6) is 1.82. The van der Waals surface area contributed by atoms with Gasteiger partial charge in [-0.15, -0.1) is 6.58 Å². The third kappa shape index (κ3) is 2.17. The summed E-state index contributed by atoms with van der Waals surface area (Å²) in [6, 6.07) is 0. The maximum absolute atomic E-state index is 4.12. The molecule has 0 aliphatic heterocycles. The molecule has 0 aromatic carbocycles. The fourth-order valence-corrected chi connectivity index (χ4v) is 2.76. The smallest absolute Gasteiger partial charge is 0.00804 e. The van der Waals surface area contributed by atoms with E-state index in [4.69, 9.17) is 0 Å². The predicted molar refractivity (Wildman–Crippen MR) is 64.1 cm³/mol. The normalized spacial score (nSPS) is 32.3. The summed E-state index contributed by atoms with van der Waals surface area (Å²) in [6.45, 7) is 16.5. The van der Waals surface area contributed by atoms with Gasteiger partial charge in [0.15, 0.2) is 0 Å². The summed E-state index contributed by atoms with van der Waals surface area (Å²) in [6.07, 6.45) is 5.95. The highest BCUT2D eigenvalue weighted by Crippen LogP contribution is 2.42. The number of rotatable bonds is 3. The van der Waals surface area contributed by atoms with Crippen LogP contribution in [0.2, 0.25) is 0 Å². The van der Waals surface area contributed by atoms with E-state index >= 15 is 0 Å². The highest BCUT2D eigenvalue weighted by molar-refractivity contribution is 5.14. The van der Waals surface area contributed by atoms with E-state index in [2.05, 4.69) is 39.7 Å². The Hall–Kier alpha value is -0.780. The molecule has 14 heavy (non-hydrogen) atoms. The first-order valence-electron chi connectivity index (χ1n) is 5.51. The highest BCUT2D eigenvalue weighted by atomic mass is 14.4. The van der Waals surface area contributed by atoms with Gasteiger partial charge < -0.3 is 0 Å². The van der Waals surface area contributed by atoms with Gasteiger partial charge in [-0.1, -0.05) is 36.8 Å². The first kappa shape index (κ1) is 11.3. The lowest BCUT2D eigenvalue weighted by atomic mass is 9.67. The Morgan fingerprint density at radius 3 is 2.21 bits per heavy atom. The minimum Gasteiger partial charge on any atom is -0.103 e. The van der Waals surface area contributed by atoms with Crippen molar-refractivity contribution in [1.29, 1.82) is 0 Å². The molecule has 0 radical (unpaired) electrons. The fourth-order valence-electron chi connectivity index (χ4n) is 2.76. The maximum Gasteiger partial charge on any atom is -0.00804 e. The molecular weight excluding hydrogens is 168 g/mol. The molecule has 0 saturated heterocycles. The van der Waals surface area contributed by atoms with Gasteiger partial charge in [0.05, 0.1) is 0 Å². The molecule has 0 aromatic rings. The van der Waals surface area contributed by atoms with Crippen molar-refractivity contribution in [2.24, 2.45) is 17.8 Å². The average molecular weight is 190 g/mol. The first-order valence-corrected chi connectivity index (χ1v) is 5.51. The van der Waals surface area contributed by atoms with Gasteiger partial charge in [-0.2, -0.15) is 0 Å². The Balaban J connectivity index is 2.88. The number of allylic oxidation sites excluding steroid dienone is 3. The van der Waals surface area contributed by atoms with E-state index in [9.17, 15) is 0 Å². The van der Waals surface area contributed by atoms with Crippen LogP contribution in [0.3, 0.4) is 0 Å². The van der Waals surface area contributed by atoms with Crippen LogP contribution >= 0.6 is 0 Å². The van der Waals surface area contributed by atoms with Crippen LogP contribution in [0, 0.1) is 17.8 Å². The summed E-state index contributed by atoms with van der Waals surface area (Å²) >= 11 is 0. The minimum absolute atomic E-state index is 0.582. The molecule has 78 valence electrons. The second kappa shape index (κ2) is 4.63. The third-order valence-electron chi connectivity index (χ3n) is 3.45. The zero-order chi connectivity index (χ0) is 10.7. The highest BCUT2D eigenvalue weighted by Gasteiger charge is 2.32. The topological polar surface area (TPSA) is 0 Å². The molecule has 0 nitrogen and oxygen atoms in total. The summed E-state index contributed by atoms with van der Waals surface area (Å²) in [7, 11) is 0. The van der Waals surface area contributed by atoms with Crippen LogP contribution < -0.4 is 0 Å². The zero-order valence-corrected chi connectivity index (χ0v) is 9.55. The van der Waals surface area contributed by atoms with Gasteiger partial charge in [0.1, 0.15) is 0 Å². The first-order chi connectivity index (χ1) is 6.57. The Kier molecular flexibility index (Phi) is 3.74. The molecule has 1 aliphatic carbocycles. The molecule has 0 unspecified atom stereocenters. The zero-order valence-electron chi connectivity index (χ0n) is 9.55. The predicted octanol–water partition coefficient (Wildman–Crippen LogP) is 4.36. The Morgan fingerprint density at radius 1 is 1.14 bits per heavy atom. The summed E-state index contributed by atoms with van der Waals surface area (Å²) in [5, 5.41) is 0. The van der Waals surface area contributed by atoms with E-state index < -0.39 is 0 Å². The van der Waals surface area contributed by atoms with E-state index in [1.165, 1.54) is 30.4 Å². The van der Waals surface area contributed by atoms with Crippen molar-refractivity contribution >= 4 is 0 Å². The van der Waals surface area contributed by atoms with E-state index in [-0.39, 0.29) is 0 Å². The summed E-state index contributed by atoms with van der Waals surface area (Å²) in [5.41, 5.74) is 2.60. The van der Waals surface area contributed by atoms with Crippen molar-refractivity contribution in [2.75, 3.05) is 0 Å². The summed E-state index contributed by atoms with van der Waals surface area (Å²) < 4.78 is 0. The SMILES string of the molecule is C=C[C@@H]1CCC[C@H](C(=C)C)[C@H]1C(=C)C. The van der Waals surface area contributed by atoms with Crippen molar-refractivity contribution in [1.82, 2.24) is 0 Å². The lowest BCUT2D eigenvalue weighted by molar-refractivity contribution is 0.250. The molecule has 1 aliphatic rings. The molecular formula is C14H22. The molecule has 0 heterocycles. The summed E-state index contributed by atoms with van der Waals surface area (Å²) in [4.78, 5) is 0. The van der Waals surface area contributed by atoms with Crippen molar-refractivity contribution in [3.05, 3.63) is 37.0 Å². The van der Waals surface area contributed by atoms with Crippen LogP contribution in [-0.2, 0) is 0 Å². The lowest BCUT2D eigenvalue weighted by Crippen LogP contribution is -2.28. The molecule has 0 bridgehead atoms. The van der Waals surface area contributed by atoms with Crippen molar-refractivity contribution in [2.45, 2.75) is 33.1 Å². The number of hydrogen-bond donors (Lipinski definition) is 0. The van der Waals surface area contributed by atoms with Gasteiger partial charge >= 0.3 is 0 Å². The van der Waals surface area contributed by atoms with Gasteiger partial charge in [-0.25, -0.2) is 0 Å². The second-order valence-corrected chi connectivity index (χ2v) is 4.66. The van der Waals surface area contributed by atoms with E-state index in [1.807, 2.05) is 0 Å². The molecule has 0 heteroatoms. The monoisotopic (exact) mass is 190 g/mol. The van der Waals surface area contributed by atoms with Gasteiger partial charge in [0.25, 0.3) is 0 Å². The van der Waals surface area contributed by atoms with Crippen LogP contribution in [0.5, 0.6) is 0 Å². The molecule has 0 N–H and O–H groups in total. The molecule has 0 spiro atoms. The molecule has 1 saturated carbocycles. The van der Waals surface area contributed by atoms with Crippen molar-refractivity contribution in [3.8, 4) is 0 Å². The lowest BCUT2D eigenvalue weighted by Gasteiger charge is -2.38. The fraction of sp³-hybridized carbons (Fsp3) is 0.571. The molecule has 1 rings (SSSR count). The van der Waals surface area contributed by atoms with Gasteiger partial charge in [-0.05, 0) is 44.4 Å². The third-order valence-corrected chi connectivity index (χ3v) is 3.45. The Labute approximate surface area is 88.4 Å². The van der Waals surface area contributed by atoms with Crippen LogP contribution in [0.15, 0.2) is 37.0 Å². The van der Waals surface area contributed by atoms with E-state index in [0.29, 0.717) is 17.8 Å². The standard InChI is InChI=1S/C14H22/c1-6-12-8-7-9-13(10(2)3)14(12)11(4)5/h6,12-14H,1-2,4,7-9H2,3,5H3/t12-,13-,14+/m1/s1. The maximum atomic E-state index is 4.12. The molecule has 0 amide bonds. The largest absolute Gasteiger partial charge is 0.103 e. The number of hydrogen-bond acceptors (Lipinski definition) is 0. The Morgan fingerprint density at radius 2 is 1.79 bits per heavy atom. The van der Waals surface area contributed by atoms with E-state index in [1.54, 1.807) is 0 Å². The van der Waals surface area contributed by atoms with Crippen LogP contribution in [0.1, 0.15) is 33.1 Å². The van der Waals surface area contributed by atoms with Crippen molar-refractivity contribution < 1.29 is 0 Å². The molecule has 1 fully saturated rings. The van der Waals surface area contributed by atoms with Crippen LogP contribution in [0.4, 0.5) is 0 Å². The molecule has 0 aromatic heterocycles. The second-order valence-electron chi connectivity index (χ2n) is 4.66. The van der Waals surface area contributed by atoms with Crippen LogP contribution in [0.25, 0.3) is 0 Å². The molecule has 3 atom stereocenters.